The van der Waals surface area contributed by atoms with Gasteiger partial charge in [0.2, 0.25) is 0 Å². The van der Waals surface area contributed by atoms with Crippen LogP contribution in [0.25, 0.3) is 0 Å². The molecule has 0 aromatic heterocycles. The van der Waals surface area contributed by atoms with Crippen LogP contribution in [0.15, 0.2) is 36.4 Å². The van der Waals surface area contributed by atoms with Crippen LogP contribution in [0.5, 0.6) is 5.75 Å². The average Bonchev–Trinajstić information content (AvgIpc) is 2.63. The zero-order valence-electron chi connectivity index (χ0n) is 14.1. The first kappa shape index (κ1) is 17.6. The Morgan fingerprint density at radius 2 is 1.80 bits per heavy atom. The first-order chi connectivity index (χ1) is 12.1. The fourth-order valence-electron chi connectivity index (χ4n) is 3.18. The topological polar surface area (TPSA) is 24.5 Å². The van der Waals surface area contributed by atoms with Gasteiger partial charge in [-0.1, -0.05) is 0 Å². The summed E-state index contributed by atoms with van der Waals surface area (Å²) in [7, 11) is 1.62. The van der Waals surface area contributed by atoms with Crippen molar-refractivity contribution in [1.29, 1.82) is 0 Å². The van der Waals surface area contributed by atoms with Gasteiger partial charge in [-0.3, -0.25) is 4.90 Å². The van der Waals surface area contributed by atoms with Gasteiger partial charge >= 0.3 is 0 Å². The molecule has 6 heteroatoms. The Labute approximate surface area is 145 Å². The summed E-state index contributed by atoms with van der Waals surface area (Å²) in [5.41, 5.74) is 0.765. The lowest BCUT2D eigenvalue weighted by Crippen LogP contribution is -2.41. The summed E-state index contributed by atoms with van der Waals surface area (Å²) in [4.78, 5) is 1.95. The molecular weight excluding hydrogens is 329 g/mol. The number of anilines is 1. The van der Waals surface area contributed by atoms with E-state index < -0.39 is 17.5 Å². The molecule has 0 radical (unpaired) electrons. The standard InChI is InChI=1S/C19H21F3N2O/c1-25-15-6-4-13(5-7-15)23-14-3-2-10-24(11-14)12-16-17(20)8-9-18(21)19(16)22/h4-9,14,23H,2-3,10-12H2,1H3/t14-/m0/s1. The van der Waals surface area contributed by atoms with Crippen LogP contribution >= 0.6 is 0 Å². The van der Waals surface area contributed by atoms with Gasteiger partial charge in [0.25, 0.3) is 0 Å². The number of methoxy groups -OCH3 is 1. The third-order valence-corrected chi connectivity index (χ3v) is 4.49. The second-order valence-corrected chi connectivity index (χ2v) is 6.27. The molecule has 0 unspecified atom stereocenters. The van der Waals surface area contributed by atoms with Crippen LogP contribution < -0.4 is 10.1 Å². The fourth-order valence-corrected chi connectivity index (χ4v) is 3.18. The highest BCUT2D eigenvalue weighted by molar-refractivity contribution is 5.47. The smallest absolute Gasteiger partial charge is 0.166 e. The maximum Gasteiger partial charge on any atom is 0.166 e. The maximum atomic E-state index is 13.9. The minimum absolute atomic E-state index is 0.0657. The van der Waals surface area contributed by atoms with E-state index in [1.807, 2.05) is 29.2 Å². The predicted molar refractivity (Wildman–Crippen MR) is 91.2 cm³/mol. The van der Waals surface area contributed by atoms with Gasteiger partial charge in [0.1, 0.15) is 11.6 Å². The van der Waals surface area contributed by atoms with Gasteiger partial charge in [0.15, 0.2) is 11.6 Å². The fraction of sp³-hybridized carbons (Fsp3) is 0.368. The van der Waals surface area contributed by atoms with Crippen molar-refractivity contribution in [2.45, 2.75) is 25.4 Å². The Hall–Kier alpha value is -2.21. The van der Waals surface area contributed by atoms with Crippen LogP contribution in [0.1, 0.15) is 18.4 Å². The van der Waals surface area contributed by atoms with E-state index in [2.05, 4.69) is 5.32 Å². The normalized spacial score (nSPS) is 18.2. The summed E-state index contributed by atoms with van der Waals surface area (Å²) in [6.07, 6.45) is 1.88. The Morgan fingerprint density at radius 3 is 2.52 bits per heavy atom. The van der Waals surface area contributed by atoms with E-state index >= 15 is 0 Å². The second kappa shape index (κ2) is 7.78. The SMILES string of the molecule is COc1ccc(N[C@H]2CCCN(Cc3c(F)ccc(F)c3F)C2)cc1. The van der Waals surface area contributed by atoms with Crippen LogP contribution in [-0.4, -0.2) is 31.1 Å². The molecular formula is C19H21F3N2O. The lowest BCUT2D eigenvalue weighted by atomic mass is 10.0. The van der Waals surface area contributed by atoms with Crippen molar-refractivity contribution in [2.24, 2.45) is 0 Å². The highest BCUT2D eigenvalue weighted by Gasteiger charge is 2.23. The highest BCUT2D eigenvalue weighted by Crippen LogP contribution is 2.22. The van der Waals surface area contributed by atoms with Gasteiger partial charge in [-0.05, 0) is 55.8 Å². The lowest BCUT2D eigenvalue weighted by Gasteiger charge is -2.33. The number of benzene rings is 2. The summed E-state index contributed by atoms with van der Waals surface area (Å²) < 4.78 is 46.2. The molecule has 0 saturated carbocycles. The monoisotopic (exact) mass is 350 g/mol. The molecule has 1 heterocycles. The van der Waals surface area contributed by atoms with Crippen molar-refractivity contribution in [3.8, 4) is 5.75 Å². The summed E-state index contributed by atoms with van der Waals surface area (Å²) in [6.45, 7) is 1.44. The van der Waals surface area contributed by atoms with Gasteiger partial charge in [-0.15, -0.1) is 0 Å². The molecule has 2 aromatic carbocycles. The molecule has 1 fully saturated rings. The van der Waals surface area contributed by atoms with Gasteiger partial charge in [0, 0.05) is 30.4 Å². The summed E-state index contributed by atoms with van der Waals surface area (Å²) in [5.74, 6) is -2.02. The van der Waals surface area contributed by atoms with Gasteiger partial charge in [-0.25, -0.2) is 13.2 Å². The molecule has 3 rings (SSSR count). The quantitative estimate of drug-likeness (QED) is 0.819. The molecule has 1 saturated heterocycles. The maximum absolute atomic E-state index is 13.9. The first-order valence-electron chi connectivity index (χ1n) is 8.32. The zero-order chi connectivity index (χ0) is 17.8. The molecule has 134 valence electrons. The predicted octanol–water partition coefficient (Wildman–Crippen LogP) is 4.19. The zero-order valence-corrected chi connectivity index (χ0v) is 14.1. The second-order valence-electron chi connectivity index (χ2n) is 6.27. The number of nitrogens with zero attached hydrogens (tertiary/aromatic N) is 1. The molecule has 2 aromatic rings. The highest BCUT2D eigenvalue weighted by atomic mass is 19.2. The van der Waals surface area contributed by atoms with E-state index in [0.717, 1.165) is 43.0 Å². The van der Waals surface area contributed by atoms with Crippen molar-refractivity contribution in [3.63, 3.8) is 0 Å². The third kappa shape index (κ3) is 4.25. The van der Waals surface area contributed by atoms with Crippen LogP contribution in [0.3, 0.4) is 0 Å². The van der Waals surface area contributed by atoms with Crippen LogP contribution in [-0.2, 0) is 6.54 Å². The van der Waals surface area contributed by atoms with E-state index in [1.54, 1.807) is 7.11 Å². The minimum Gasteiger partial charge on any atom is -0.497 e. The number of hydrogen-bond acceptors (Lipinski definition) is 3. The molecule has 3 nitrogen and oxygen atoms in total. The summed E-state index contributed by atoms with van der Waals surface area (Å²) >= 11 is 0. The molecule has 1 atom stereocenters. The van der Waals surface area contributed by atoms with Crippen LogP contribution in [0, 0.1) is 17.5 Å². The van der Waals surface area contributed by atoms with Crippen molar-refractivity contribution >= 4 is 5.69 Å². The number of likely N-dealkylation sites (tertiary alicyclic amines) is 1. The van der Waals surface area contributed by atoms with Crippen LogP contribution in [0.2, 0.25) is 0 Å². The van der Waals surface area contributed by atoms with E-state index in [-0.39, 0.29) is 18.2 Å². The number of nitrogens with one attached hydrogen (secondary N) is 1. The van der Waals surface area contributed by atoms with E-state index in [1.165, 1.54) is 0 Å². The number of piperidine rings is 1. The summed E-state index contributed by atoms with van der Waals surface area (Å²) in [6, 6.07) is 9.58. The van der Waals surface area contributed by atoms with Crippen molar-refractivity contribution in [2.75, 3.05) is 25.5 Å². The number of hydrogen-bond donors (Lipinski definition) is 1. The Morgan fingerprint density at radius 1 is 1.08 bits per heavy atom. The molecule has 25 heavy (non-hydrogen) atoms. The molecule has 0 amide bonds. The molecule has 0 spiro atoms. The van der Waals surface area contributed by atoms with Gasteiger partial charge < -0.3 is 10.1 Å². The molecule has 1 aliphatic rings. The number of halogens is 3. The van der Waals surface area contributed by atoms with Crippen molar-refractivity contribution in [1.82, 2.24) is 4.90 Å². The molecule has 0 bridgehead atoms. The van der Waals surface area contributed by atoms with E-state index in [4.69, 9.17) is 4.74 Å². The lowest BCUT2D eigenvalue weighted by molar-refractivity contribution is 0.202. The van der Waals surface area contributed by atoms with E-state index in [0.29, 0.717) is 6.54 Å². The number of rotatable bonds is 5. The van der Waals surface area contributed by atoms with E-state index in [9.17, 15) is 13.2 Å². The Balaban J connectivity index is 1.64. The molecule has 0 aliphatic carbocycles. The summed E-state index contributed by atoms with van der Waals surface area (Å²) in [5, 5.41) is 3.43. The largest absolute Gasteiger partial charge is 0.497 e. The molecule has 1 aliphatic heterocycles. The van der Waals surface area contributed by atoms with Crippen molar-refractivity contribution < 1.29 is 17.9 Å². The van der Waals surface area contributed by atoms with Gasteiger partial charge in [0.05, 0.1) is 7.11 Å². The third-order valence-electron chi connectivity index (χ3n) is 4.49. The Kier molecular flexibility index (Phi) is 5.48. The number of ether oxygens (including phenoxy) is 1. The Bertz CT molecular complexity index is 721. The van der Waals surface area contributed by atoms with Crippen molar-refractivity contribution in [3.05, 3.63) is 59.4 Å². The molecule has 1 N–H and O–H groups in total. The van der Waals surface area contributed by atoms with Crippen LogP contribution in [0.4, 0.5) is 18.9 Å². The average molecular weight is 350 g/mol. The first-order valence-corrected chi connectivity index (χ1v) is 8.32. The minimum atomic E-state index is -1.09. The van der Waals surface area contributed by atoms with Gasteiger partial charge in [-0.2, -0.15) is 0 Å².